The van der Waals surface area contributed by atoms with E-state index >= 15 is 0 Å². The molecule has 61 heavy (non-hydrogen) atoms. The number of hydrogen-bond acceptors (Lipinski definition) is 5. The van der Waals surface area contributed by atoms with Crippen LogP contribution in [0.25, 0.3) is 0 Å². The predicted molar refractivity (Wildman–Crippen MR) is 263 cm³/mol. The van der Waals surface area contributed by atoms with Crippen LogP contribution in [0, 0.1) is 0 Å². The van der Waals surface area contributed by atoms with Gasteiger partial charge in [0.15, 0.2) is 0 Å². The van der Waals surface area contributed by atoms with Crippen LogP contribution in [-0.2, 0) is 14.3 Å². The fourth-order valence-corrected chi connectivity index (χ4v) is 6.18. The summed E-state index contributed by atoms with van der Waals surface area (Å²) in [5.74, 6) is -0.747. The van der Waals surface area contributed by atoms with E-state index in [4.69, 9.17) is 4.74 Å². The van der Waals surface area contributed by atoms with Gasteiger partial charge in [-0.15, -0.1) is 0 Å². The third-order valence-corrected chi connectivity index (χ3v) is 9.73. The minimum atomic E-state index is -0.838. The monoisotopic (exact) mass is 842 g/mol. The van der Waals surface area contributed by atoms with Gasteiger partial charge in [0.1, 0.15) is 6.10 Å². The lowest BCUT2D eigenvalue weighted by molar-refractivity contribution is -0.148. The Labute approximate surface area is 373 Å². The highest BCUT2D eigenvalue weighted by atomic mass is 16.5. The highest BCUT2D eigenvalue weighted by Crippen LogP contribution is 2.14. The van der Waals surface area contributed by atoms with Gasteiger partial charge in [0.25, 0.3) is 0 Å². The van der Waals surface area contributed by atoms with Crippen molar-refractivity contribution >= 4 is 11.9 Å². The molecule has 0 bridgehead atoms. The first-order valence-corrected chi connectivity index (χ1v) is 23.9. The molecule has 6 heteroatoms. The molecule has 3 N–H and O–H groups in total. The Balaban J connectivity index is 4.89. The van der Waals surface area contributed by atoms with E-state index < -0.39 is 18.2 Å². The summed E-state index contributed by atoms with van der Waals surface area (Å²) in [5, 5.41) is 23.5. The molecule has 0 aliphatic rings. The molecule has 0 aromatic carbocycles. The Hall–Kier alpha value is -4.00. The molecule has 0 aromatic heterocycles. The molecule has 342 valence electrons. The van der Waals surface area contributed by atoms with Crippen LogP contribution < -0.4 is 5.32 Å². The van der Waals surface area contributed by atoms with Gasteiger partial charge in [0, 0.05) is 6.42 Å². The number of nitrogens with one attached hydrogen (secondary N) is 1. The van der Waals surface area contributed by atoms with Crippen molar-refractivity contribution in [3.05, 3.63) is 134 Å². The molecular formula is C55H87NO5. The van der Waals surface area contributed by atoms with Crippen molar-refractivity contribution in [1.29, 1.82) is 0 Å². The Kier molecular flexibility index (Phi) is 44.0. The fraction of sp³-hybridized carbons (Fsp3) is 0.564. The highest BCUT2D eigenvalue weighted by molar-refractivity contribution is 5.78. The van der Waals surface area contributed by atoms with E-state index in [1.54, 1.807) is 6.08 Å². The van der Waals surface area contributed by atoms with Gasteiger partial charge < -0.3 is 20.3 Å². The molecule has 0 aliphatic carbocycles. The Morgan fingerprint density at radius 2 is 0.885 bits per heavy atom. The molecule has 0 aliphatic heterocycles. The number of allylic oxidation sites excluding steroid dienone is 21. The molecule has 0 saturated carbocycles. The number of ether oxygens (including phenoxy) is 1. The second-order valence-electron chi connectivity index (χ2n) is 15.4. The number of esters is 1. The van der Waals surface area contributed by atoms with Gasteiger partial charge in [-0.3, -0.25) is 9.59 Å². The molecule has 3 atom stereocenters. The van der Waals surface area contributed by atoms with Crippen LogP contribution in [0.4, 0.5) is 0 Å². The highest BCUT2D eigenvalue weighted by Gasteiger charge is 2.23. The first-order valence-electron chi connectivity index (χ1n) is 23.9. The van der Waals surface area contributed by atoms with Crippen molar-refractivity contribution in [2.24, 2.45) is 0 Å². The van der Waals surface area contributed by atoms with Crippen LogP contribution in [0.3, 0.4) is 0 Å². The summed E-state index contributed by atoms with van der Waals surface area (Å²) in [5.41, 5.74) is 0. The lowest BCUT2D eigenvalue weighted by atomic mass is 10.0. The summed E-state index contributed by atoms with van der Waals surface area (Å²) >= 11 is 0. The van der Waals surface area contributed by atoms with Crippen molar-refractivity contribution in [2.75, 3.05) is 6.61 Å². The maximum Gasteiger partial charge on any atom is 0.306 e. The maximum atomic E-state index is 13.1. The number of aliphatic hydroxyl groups excluding tert-OH is 2. The molecule has 0 fully saturated rings. The molecule has 6 nitrogen and oxygen atoms in total. The SMILES string of the molecule is CC/C=C\C/C=C\C/C=C\C/C=C\C/C=C\C/C=C\CCC(=O)OC(/C=C/C/C=C/C/C=C/C/C=C/C/C=C/CC)CC(=O)NC(CO)C(O)CCCCCCCCCCC. The molecule has 0 saturated heterocycles. The first kappa shape index (κ1) is 57.0. The minimum absolute atomic E-state index is 0.0857. The second-order valence-corrected chi connectivity index (χ2v) is 15.4. The van der Waals surface area contributed by atoms with Gasteiger partial charge in [-0.2, -0.15) is 0 Å². The Morgan fingerprint density at radius 3 is 1.30 bits per heavy atom. The van der Waals surface area contributed by atoms with E-state index in [-0.39, 0.29) is 31.3 Å². The molecule has 0 heterocycles. The van der Waals surface area contributed by atoms with Crippen molar-refractivity contribution in [1.82, 2.24) is 5.32 Å². The van der Waals surface area contributed by atoms with Gasteiger partial charge >= 0.3 is 5.97 Å². The molecule has 0 radical (unpaired) electrons. The normalized spacial score (nSPS) is 14.5. The maximum absolute atomic E-state index is 13.1. The smallest absolute Gasteiger partial charge is 0.306 e. The van der Waals surface area contributed by atoms with Gasteiger partial charge in [-0.1, -0.05) is 206 Å². The summed E-state index contributed by atoms with van der Waals surface area (Å²) in [7, 11) is 0. The average Bonchev–Trinajstić information content (AvgIpc) is 3.25. The van der Waals surface area contributed by atoms with Crippen molar-refractivity contribution in [3.63, 3.8) is 0 Å². The molecule has 3 unspecified atom stereocenters. The van der Waals surface area contributed by atoms with Gasteiger partial charge in [0.2, 0.25) is 5.91 Å². The van der Waals surface area contributed by atoms with Gasteiger partial charge in [0.05, 0.1) is 25.2 Å². The number of rotatable bonds is 40. The summed E-state index contributed by atoms with van der Waals surface area (Å²) in [6.45, 7) is 6.15. The number of carbonyl (C=O) groups is 2. The van der Waals surface area contributed by atoms with E-state index in [0.29, 0.717) is 19.3 Å². The standard InChI is InChI=1S/C55H87NO5/c1-4-7-10-13-16-19-21-23-25-26-27-28-29-31-33-36-39-42-45-48-55(60)61-51(46-43-40-37-35-32-30-24-22-20-17-14-11-8-5-2)49-54(59)56-52(50-57)53(58)47-44-41-38-34-18-15-12-9-6-3/h7-8,10-11,16-17,19-20,23-25,27-28,30-31,33,35,37,39,42-43,46,51-53,57-58H,4-6,9,12-15,18,21-22,26,29,32,34,36,38,40-41,44-45,47-50H2,1-3H3,(H,56,59)/b10-7-,11-8+,19-16-,20-17+,25-23-,28-27-,30-24+,33-31-,37-35+,42-39-,46-43+. The van der Waals surface area contributed by atoms with E-state index in [2.05, 4.69) is 135 Å². The average molecular weight is 842 g/mol. The lowest BCUT2D eigenvalue weighted by Crippen LogP contribution is -2.46. The van der Waals surface area contributed by atoms with Crippen LogP contribution in [-0.4, -0.2) is 46.9 Å². The fourth-order valence-electron chi connectivity index (χ4n) is 6.18. The molecule has 1 amide bonds. The van der Waals surface area contributed by atoms with Crippen LogP contribution in [0.15, 0.2) is 134 Å². The second kappa shape index (κ2) is 47.1. The predicted octanol–water partition coefficient (Wildman–Crippen LogP) is 14.3. The van der Waals surface area contributed by atoms with Gasteiger partial charge in [-0.25, -0.2) is 0 Å². The van der Waals surface area contributed by atoms with Gasteiger partial charge in [-0.05, 0) is 89.5 Å². The zero-order valence-electron chi connectivity index (χ0n) is 38.7. The third kappa shape index (κ3) is 42.5. The van der Waals surface area contributed by atoms with Crippen LogP contribution in [0.2, 0.25) is 0 Å². The summed E-state index contributed by atoms with van der Waals surface area (Å²) in [6.07, 6.45) is 67.0. The van der Waals surface area contributed by atoms with E-state index in [9.17, 15) is 19.8 Å². The number of unbranched alkanes of at least 4 members (excludes halogenated alkanes) is 8. The van der Waals surface area contributed by atoms with Crippen LogP contribution in [0.5, 0.6) is 0 Å². The number of aliphatic hydroxyl groups is 2. The van der Waals surface area contributed by atoms with E-state index in [1.807, 2.05) is 18.2 Å². The summed E-state index contributed by atoms with van der Waals surface area (Å²) in [4.78, 5) is 26.0. The zero-order chi connectivity index (χ0) is 44.5. The minimum Gasteiger partial charge on any atom is -0.458 e. The topological polar surface area (TPSA) is 95.9 Å². The summed E-state index contributed by atoms with van der Waals surface area (Å²) in [6, 6.07) is -0.764. The molecular weight excluding hydrogens is 755 g/mol. The Morgan fingerprint density at radius 1 is 0.508 bits per heavy atom. The number of amides is 1. The Bertz CT molecular complexity index is 1360. The molecule has 0 aromatic rings. The zero-order valence-corrected chi connectivity index (χ0v) is 38.7. The third-order valence-electron chi connectivity index (χ3n) is 9.73. The van der Waals surface area contributed by atoms with Crippen molar-refractivity contribution in [2.45, 2.75) is 193 Å². The van der Waals surface area contributed by atoms with E-state index in [1.165, 1.54) is 38.5 Å². The number of hydrogen-bond donors (Lipinski definition) is 3. The quantitative estimate of drug-likeness (QED) is 0.0324. The lowest BCUT2D eigenvalue weighted by Gasteiger charge is -2.23. The first-order chi connectivity index (χ1) is 30.0. The van der Waals surface area contributed by atoms with Crippen LogP contribution in [0.1, 0.15) is 175 Å². The van der Waals surface area contributed by atoms with E-state index in [0.717, 1.165) is 83.5 Å². The summed E-state index contributed by atoms with van der Waals surface area (Å²) < 4.78 is 5.76. The largest absolute Gasteiger partial charge is 0.458 e. The van der Waals surface area contributed by atoms with Crippen LogP contribution >= 0.6 is 0 Å². The van der Waals surface area contributed by atoms with Crippen molar-refractivity contribution in [3.8, 4) is 0 Å². The molecule has 0 spiro atoms. The number of carbonyl (C=O) groups excluding carboxylic acids is 2. The molecule has 0 rings (SSSR count). The van der Waals surface area contributed by atoms with Crippen molar-refractivity contribution < 1.29 is 24.5 Å².